The van der Waals surface area contributed by atoms with Crippen molar-refractivity contribution in [1.29, 1.82) is 0 Å². The highest BCUT2D eigenvalue weighted by atomic mass is 32.2. The topological polar surface area (TPSA) is 118 Å². The van der Waals surface area contributed by atoms with Crippen molar-refractivity contribution >= 4 is 47.5 Å². The maximum atomic E-state index is 13.0. The lowest BCUT2D eigenvalue weighted by molar-refractivity contribution is 0.161. The highest BCUT2D eigenvalue weighted by molar-refractivity contribution is 7.92. The average molecular weight is 518 g/mol. The summed E-state index contributed by atoms with van der Waals surface area (Å²) in [5.41, 5.74) is 1.97. The first-order valence-electron chi connectivity index (χ1n) is 10.8. The van der Waals surface area contributed by atoms with Gasteiger partial charge < -0.3 is 14.4 Å². The molecule has 1 aromatic heterocycles. The average Bonchev–Trinajstić information content (AvgIpc) is 3.15. The van der Waals surface area contributed by atoms with E-state index >= 15 is 0 Å². The Bertz CT molecular complexity index is 1540. The van der Waals surface area contributed by atoms with Gasteiger partial charge >= 0.3 is 0 Å². The molecule has 0 radical (unpaired) electrons. The van der Waals surface area contributed by atoms with Crippen LogP contribution in [0, 0.1) is 0 Å². The second-order valence-corrected chi connectivity index (χ2v) is 12.0. The number of hydrogen-bond acceptors (Lipinski definition) is 6. The molecular formula is C24H27N3O6S2. The monoisotopic (exact) mass is 517 g/mol. The van der Waals surface area contributed by atoms with E-state index in [0.717, 1.165) is 32.4 Å². The number of nitrogens with one attached hydrogen (secondary N) is 1. The van der Waals surface area contributed by atoms with E-state index in [0.29, 0.717) is 0 Å². The molecule has 3 aromatic carbocycles. The zero-order chi connectivity index (χ0) is 25.4. The summed E-state index contributed by atoms with van der Waals surface area (Å²) in [6, 6.07) is 19.6. The van der Waals surface area contributed by atoms with E-state index in [-0.39, 0.29) is 29.4 Å². The summed E-state index contributed by atoms with van der Waals surface area (Å²) in [6.45, 7) is -0.0479. The van der Waals surface area contributed by atoms with Gasteiger partial charge in [-0.2, -0.15) is 0 Å². The highest BCUT2D eigenvalue weighted by Crippen LogP contribution is 2.32. The summed E-state index contributed by atoms with van der Waals surface area (Å²) < 4.78 is 60.4. The molecule has 1 heterocycles. The second kappa shape index (κ2) is 9.50. The predicted molar refractivity (Wildman–Crippen MR) is 137 cm³/mol. The third-order valence-electron chi connectivity index (χ3n) is 5.88. The fourth-order valence-corrected chi connectivity index (χ4v) is 5.62. The molecule has 186 valence electrons. The summed E-state index contributed by atoms with van der Waals surface area (Å²) in [4.78, 5) is -0.145. The van der Waals surface area contributed by atoms with Gasteiger partial charge in [0, 0.05) is 35.4 Å². The molecule has 0 spiro atoms. The van der Waals surface area contributed by atoms with Gasteiger partial charge in [0.15, 0.2) is 0 Å². The molecule has 0 bridgehead atoms. The van der Waals surface area contributed by atoms with Crippen LogP contribution in [0.5, 0.6) is 5.75 Å². The van der Waals surface area contributed by atoms with Gasteiger partial charge in [-0.25, -0.2) is 21.6 Å². The summed E-state index contributed by atoms with van der Waals surface area (Å²) in [5.74, 6) is 0.211. The van der Waals surface area contributed by atoms with Gasteiger partial charge in [0.1, 0.15) is 5.75 Å². The molecule has 9 nitrogen and oxygen atoms in total. The zero-order valence-corrected chi connectivity index (χ0v) is 21.2. The van der Waals surface area contributed by atoms with Crippen molar-refractivity contribution < 1.29 is 26.7 Å². The maximum Gasteiger partial charge on any atom is 0.240 e. The molecule has 35 heavy (non-hydrogen) atoms. The van der Waals surface area contributed by atoms with Crippen molar-refractivity contribution in [2.24, 2.45) is 0 Å². The van der Waals surface area contributed by atoms with E-state index in [1.54, 1.807) is 0 Å². The van der Waals surface area contributed by atoms with Crippen LogP contribution < -0.4 is 13.8 Å². The normalized spacial score (nSPS) is 13.3. The number of sulfonamides is 2. The molecular weight excluding hydrogens is 490 g/mol. The highest BCUT2D eigenvalue weighted by Gasteiger charge is 2.23. The van der Waals surface area contributed by atoms with Gasteiger partial charge in [-0.15, -0.1) is 0 Å². The number of rotatable bonds is 9. The summed E-state index contributed by atoms with van der Waals surface area (Å²) >= 11 is 0. The van der Waals surface area contributed by atoms with Crippen molar-refractivity contribution in [3.63, 3.8) is 0 Å². The first-order valence-corrected chi connectivity index (χ1v) is 14.1. The number of aliphatic hydroxyl groups excluding tert-OH is 1. The largest absolute Gasteiger partial charge is 0.495 e. The lowest BCUT2D eigenvalue weighted by Gasteiger charge is -2.20. The maximum absolute atomic E-state index is 13.0. The fraction of sp³-hybridized carbons (Fsp3) is 0.250. The van der Waals surface area contributed by atoms with Gasteiger partial charge in [0.2, 0.25) is 20.0 Å². The molecule has 2 N–H and O–H groups in total. The molecule has 0 aliphatic heterocycles. The zero-order valence-electron chi connectivity index (χ0n) is 19.5. The van der Waals surface area contributed by atoms with Crippen molar-refractivity contribution in [2.75, 3.05) is 31.3 Å². The van der Waals surface area contributed by atoms with E-state index < -0.39 is 26.2 Å². The first-order chi connectivity index (χ1) is 16.5. The van der Waals surface area contributed by atoms with Crippen LogP contribution in [0.1, 0.15) is 0 Å². The number of ether oxygens (including phenoxy) is 1. The Hall–Kier alpha value is -3.12. The quantitative estimate of drug-likeness (QED) is 0.352. The number of anilines is 1. The SMILES string of the molecule is COc1ccc(S(=O)(=O)NC[C@@H](O)Cn2c3ccccc3c3ccccc32)cc1N(C)S(C)(=O)=O. The Morgan fingerprint density at radius 3 is 2.09 bits per heavy atom. The van der Waals surface area contributed by atoms with Crippen LogP contribution in [0.4, 0.5) is 5.69 Å². The number of methoxy groups -OCH3 is 1. The van der Waals surface area contributed by atoms with Crippen LogP contribution in [0.25, 0.3) is 21.8 Å². The van der Waals surface area contributed by atoms with Crippen LogP contribution >= 0.6 is 0 Å². The van der Waals surface area contributed by atoms with Crippen molar-refractivity contribution in [1.82, 2.24) is 9.29 Å². The van der Waals surface area contributed by atoms with Gasteiger partial charge in [0.25, 0.3) is 0 Å². The molecule has 0 saturated carbocycles. The number of aromatic nitrogens is 1. The molecule has 4 aromatic rings. The molecule has 0 aliphatic rings. The Morgan fingerprint density at radius 1 is 0.971 bits per heavy atom. The number of aliphatic hydroxyl groups is 1. The van der Waals surface area contributed by atoms with Gasteiger partial charge in [-0.3, -0.25) is 4.31 Å². The van der Waals surface area contributed by atoms with Crippen molar-refractivity contribution in [2.45, 2.75) is 17.5 Å². The summed E-state index contributed by atoms with van der Waals surface area (Å²) in [5, 5.41) is 12.8. The van der Waals surface area contributed by atoms with E-state index in [2.05, 4.69) is 4.72 Å². The lowest BCUT2D eigenvalue weighted by Crippen LogP contribution is -2.34. The molecule has 0 unspecified atom stereocenters. The minimum Gasteiger partial charge on any atom is -0.495 e. The van der Waals surface area contributed by atoms with Crippen LogP contribution in [-0.4, -0.2) is 59.6 Å². The van der Waals surface area contributed by atoms with Crippen molar-refractivity contribution in [3.8, 4) is 5.75 Å². The molecule has 0 fully saturated rings. The van der Waals surface area contributed by atoms with Gasteiger partial charge in [-0.1, -0.05) is 36.4 Å². The minimum atomic E-state index is -4.04. The summed E-state index contributed by atoms with van der Waals surface area (Å²) in [7, 11) is -5.01. The van der Waals surface area contributed by atoms with E-state index in [1.807, 2.05) is 53.1 Å². The Balaban J connectivity index is 1.56. The van der Waals surface area contributed by atoms with Gasteiger partial charge in [0.05, 0.1) is 36.6 Å². The van der Waals surface area contributed by atoms with E-state index in [9.17, 15) is 21.9 Å². The van der Waals surface area contributed by atoms with Crippen LogP contribution in [0.3, 0.4) is 0 Å². The second-order valence-electron chi connectivity index (χ2n) is 8.21. The summed E-state index contributed by atoms with van der Waals surface area (Å²) in [6.07, 6.45) is -0.00273. The molecule has 11 heteroatoms. The molecule has 0 saturated heterocycles. The van der Waals surface area contributed by atoms with Crippen LogP contribution in [-0.2, 0) is 26.6 Å². The van der Waals surface area contributed by atoms with E-state index in [1.165, 1.54) is 32.4 Å². The number of nitrogens with zero attached hydrogens (tertiary/aromatic N) is 2. The number of benzene rings is 3. The van der Waals surface area contributed by atoms with E-state index in [4.69, 9.17) is 4.74 Å². The lowest BCUT2D eigenvalue weighted by atomic mass is 10.2. The Labute approximate surface area is 204 Å². The predicted octanol–water partition coefficient (Wildman–Crippen LogP) is 2.54. The third kappa shape index (κ3) is 4.98. The molecule has 1 atom stereocenters. The molecule has 0 amide bonds. The Kier molecular flexibility index (Phi) is 6.78. The van der Waals surface area contributed by atoms with Crippen LogP contribution in [0.15, 0.2) is 71.6 Å². The standard InChI is InChI=1S/C24H27N3O6S2/c1-26(34(3,29)30)23-14-18(12-13-24(23)33-2)35(31,32)25-15-17(28)16-27-21-10-6-4-8-19(21)20-9-5-7-11-22(20)27/h4-14,17,25,28H,15-16H2,1-3H3/t17-/m1/s1. The number of fused-ring (bicyclic) bond motifs is 3. The Morgan fingerprint density at radius 2 is 1.54 bits per heavy atom. The smallest absolute Gasteiger partial charge is 0.240 e. The first kappa shape index (κ1) is 25.0. The number of hydrogen-bond donors (Lipinski definition) is 2. The molecule has 4 rings (SSSR count). The van der Waals surface area contributed by atoms with Crippen LogP contribution in [0.2, 0.25) is 0 Å². The third-order valence-corrected chi connectivity index (χ3v) is 8.49. The van der Waals surface area contributed by atoms with Crippen molar-refractivity contribution in [3.05, 3.63) is 66.7 Å². The molecule has 0 aliphatic carbocycles. The minimum absolute atomic E-state index is 0.0868. The fourth-order valence-electron chi connectivity index (χ4n) is 4.03. The van der Waals surface area contributed by atoms with Gasteiger partial charge in [-0.05, 0) is 30.3 Å². The number of para-hydroxylation sites is 2.